The number of pyridine rings is 1. The van der Waals surface area contributed by atoms with Crippen molar-refractivity contribution in [1.29, 1.82) is 0 Å². The number of carbonyl (C=O) groups is 1. The molecule has 1 N–H and O–H groups in total. The highest BCUT2D eigenvalue weighted by atomic mass is 32.1. The molecule has 1 aliphatic rings. The molecule has 8 nitrogen and oxygen atoms in total. The van der Waals surface area contributed by atoms with Crippen molar-refractivity contribution < 1.29 is 14.3 Å². The highest BCUT2D eigenvalue weighted by Gasteiger charge is 2.23. The number of hydrogen-bond acceptors (Lipinski definition) is 7. The molecule has 0 radical (unpaired) electrons. The van der Waals surface area contributed by atoms with E-state index in [-0.39, 0.29) is 6.03 Å². The van der Waals surface area contributed by atoms with Gasteiger partial charge in [0.05, 0.1) is 14.2 Å². The van der Waals surface area contributed by atoms with Gasteiger partial charge in [0.15, 0.2) is 16.6 Å². The number of nitrogens with one attached hydrogen (secondary N) is 1. The Kier molecular flexibility index (Phi) is 5.16. The molecule has 4 rings (SSSR count). The van der Waals surface area contributed by atoms with E-state index in [0.29, 0.717) is 30.3 Å². The van der Waals surface area contributed by atoms with E-state index in [1.807, 2.05) is 12.1 Å². The summed E-state index contributed by atoms with van der Waals surface area (Å²) in [4.78, 5) is 26.5. The second kappa shape index (κ2) is 7.89. The quantitative estimate of drug-likeness (QED) is 0.726. The van der Waals surface area contributed by atoms with Gasteiger partial charge in [-0.25, -0.2) is 14.8 Å². The van der Waals surface area contributed by atoms with E-state index >= 15 is 0 Å². The van der Waals surface area contributed by atoms with Gasteiger partial charge >= 0.3 is 6.03 Å². The molecule has 2 amide bonds. The van der Waals surface area contributed by atoms with Crippen molar-refractivity contribution in [2.24, 2.45) is 0 Å². The zero-order valence-electron chi connectivity index (χ0n) is 15.7. The molecule has 1 saturated heterocycles. The van der Waals surface area contributed by atoms with E-state index in [1.165, 1.54) is 0 Å². The normalized spacial score (nSPS) is 14.2. The van der Waals surface area contributed by atoms with Gasteiger partial charge < -0.3 is 24.6 Å². The number of carbonyl (C=O) groups excluding carboxylic acids is 1. The lowest BCUT2D eigenvalue weighted by atomic mass is 10.2. The third-order valence-electron chi connectivity index (χ3n) is 4.63. The van der Waals surface area contributed by atoms with Gasteiger partial charge in [0.25, 0.3) is 0 Å². The first-order chi connectivity index (χ1) is 13.7. The Labute approximate surface area is 166 Å². The van der Waals surface area contributed by atoms with Gasteiger partial charge in [-0.1, -0.05) is 11.3 Å². The Hall–Kier alpha value is -3.07. The number of rotatable bonds is 4. The molecule has 3 heterocycles. The predicted molar refractivity (Wildman–Crippen MR) is 110 cm³/mol. The van der Waals surface area contributed by atoms with Crippen molar-refractivity contribution in [2.45, 2.75) is 0 Å². The van der Waals surface area contributed by atoms with Crippen LogP contribution in [-0.2, 0) is 0 Å². The Morgan fingerprint density at radius 3 is 2.61 bits per heavy atom. The molecule has 1 fully saturated rings. The minimum Gasteiger partial charge on any atom is -0.493 e. The molecule has 2 aromatic heterocycles. The Morgan fingerprint density at radius 1 is 1.11 bits per heavy atom. The number of fused-ring (bicyclic) bond motifs is 1. The number of thiazole rings is 1. The Balaban J connectivity index is 1.37. The lowest BCUT2D eigenvalue weighted by Crippen LogP contribution is -2.50. The van der Waals surface area contributed by atoms with Crippen molar-refractivity contribution in [2.75, 3.05) is 50.6 Å². The number of ether oxygens (including phenoxy) is 2. The Morgan fingerprint density at radius 2 is 1.89 bits per heavy atom. The molecule has 1 aliphatic heterocycles. The smallest absolute Gasteiger partial charge is 0.321 e. The largest absolute Gasteiger partial charge is 0.493 e. The number of urea groups is 1. The highest BCUT2D eigenvalue weighted by molar-refractivity contribution is 7.21. The number of amides is 2. The van der Waals surface area contributed by atoms with E-state index in [9.17, 15) is 4.79 Å². The van der Waals surface area contributed by atoms with Gasteiger partial charge in [-0.3, -0.25) is 0 Å². The van der Waals surface area contributed by atoms with Gasteiger partial charge in [-0.05, 0) is 24.3 Å². The summed E-state index contributed by atoms with van der Waals surface area (Å²) >= 11 is 1.58. The average molecular weight is 399 g/mol. The summed E-state index contributed by atoms with van der Waals surface area (Å²) in [7, 11) is 3.15. The van der Waals surface area contributed by atoms with Gasteiger partial charge in [0.1, 0.15) is 10.3 Å². The van der Waals surface area contributed by atoms with Crippen LogP contribution in [0.4, 0.5) is 15.6 Å². The molecule has 3 aromatic rings. The third-order valence-corrected chi connectivity index (χ3v) is 5.67. The van der Waals surface area contributed by atoms with Gasteiger partial charge in [0.2, 0.25) is 0 Å². The van der Waals surface area contributed by atoms with Crippen molar-refractivity contribution in [3.63, 3.8) is 0 Å². The zero-order chi connectivity index (χ0) is 19.5. The lowest BCUT2D eigenvalue weighted by molar-refractivity contribution is 0.208. The molecular weight excluding hydrogens is 378 g/mol. The minimum atomic E-state index is -0.127. The van der Waals surface area contributed by atoms with E-state index in [1.54, 1.807) is 54.9 Å². The van der Waals surface area contributed by atoms with E-state index in [2.05, 4.69) is 20.2 Å². The van der Waals surface area contributed by atoms with Crippen LogP contribution >= 0.6 is 11.3 Å². The molecule has 0 atom stereocenters. The standard InChI is InChI=1S/C19H21N5O3S/c1-26-15-6-5-13(12-16(15)27-2)21-18(25)23-8-10-24(11-9-23)19-22-14-4-3-7-20-17(14)28-19/h3-7,12H,8-11H2,1-2H3,(H,21,25). The molecule has 0 aliphatic carbocycles. The van der Waals surface area contributed by atoms with Crippen LogP contribution < -0.4 is 19.7 Å². The van der Waals surface area contributed by atoms with Crippen LogP contribution in [-0.4, -0.2) is 61.3 Å². The van der Waals surface area contributed by atoms with Crippen molar-refractivity contribution in [3.8, 4) is 11.5 Å². The second-order valence-electron chi connectivity index (χ2n) is 6.30. The summed E-state index contributed by atoms with van der Waals surface area (Å²) in [6.07, 6.45) is 1.78. The summed E-state index contributed by atoms with van der Waals surface area (Å²) in [5.41, 5.74) is 1.58. The first-order valence-corrected chi connectivity index (χ1v) is 9.74. The van der Waals surface area contributed by atoms with Gasteiger partial charge in [-0.2, -0.15) is 0 Å². The number of hydrogen-bond donors (Lipinski definition) is 1. The number of piperazine rings is 1. The monoisotopic (exact) mass is 399 g/mol. The number of benzene rings is 1. The highest BCUT2D eigenvalue weighted by Crippen LogP contribution is 2.30. The fourth-order valence-corrected chi connectivity index (χ4v) is 4.07. The maximum Gasteiger partial charge on any atom is 0.321 e. The second-order valence-corrected chi connectivity index (χ2v) is 7.25. The average Bonchev–Trinajstić information content (AvgIpc) is 3.18. The zero-order valence-corrected chi connectivity index (χ0v) is 16.5. The summed E-state index contributed by atoms with van der Waals surface area (Å²) in [5, 5.41) is 3.88. The molecule has 0 saturated carbocycles. The summed E-state index contributed by atoms with van der Waals surface area (Å²) < 4.78 is 10.5. The summed E-state index contributed by atoms with van der Waals surface area (Å²) in [6, 6.07) is 9.05. The number of nitrogens with zero attached hydrogens (tertiary/aromatic N) is 4. The van der Waals surface area contributed by atoms with E-state index in [0.717, 1.165) is 28.6 Å². The minimum absolute atomic E-state index is 0.127. The molecule has 0 unspecified atom stereocenters. The van der Waals surface area contributed by atoms with Crippen LogP contribution in [0.3, 0.4) is 0 Å². The predicted octanol–water partition coefficient (Wildman–Crippen LogP) is 3.06. The number of aromatic nitrogens is 2. The summed E-state index contributed by atoms with van der Waals surface area (Å²) in [6.45, 7) is 2.73. The van der Waals surface area contributed by atoms with Crippen LogP contribution in [0.15, 0.2) is 36.5 Å². The van der Waals surface area contributed by atoms with Gasteiger partial charge in [-0.15, -0.1) is 0 Å². The van der Waals surface area contributed by atoms with Crippen molar-refractivity contribution >= 4 is 38.5 Å². The molecule has 28 heavy (non-hydrogen) atoms. The first kappa shape index (κ1) is 18.3. The third kappa shape index (κ3) is 3.65. The van der Waals surface area contributed by atoms with Crippen LogP contribution in [0.1, 0.15) is 0 Å². The van der Waals surface area contributed by atoms with Crippen molar-refractivity contribution in [3.05, 3.63) is 36.5 Å². The fourth-order valence-electron chi connectivity index (χ4n) is 3.11. The van der Waals surface area contributed by atoms with Crippen LogP contribution in [0.2, 0.25) is 0 Å². The Bertz CT molecular complexity index is 952. The molecule has 0 spiro atoms. The van der Waals surface area contributed by atoms with E-state index in [4.69, 9.17) is 9.47 Å². The lowest BCUT2D eigenvalue weighted by Gasteiger charge is -2.34. The fraction of sp³-hybridized carbons (Fsp3) is 0.316. The molecule has 9 heteroatoms. The molecule has 0 bridgehead atoms. The summed E-state index contributed by atoms with van der Waals surface area (Å²) in [5.74, 6) is 1.20. The topological polar surface area (TPSA) is 79.8 Å². The van der Waals surface area contributed by atoms with Crippen LogP contribution in [0.5, 0.6) is 11.5 Å². The maximum absolute atomic E-state index is 12.6. The number of methoxy groups -OCH3 is 2. The molecule has 146 valence electrons. The van der Waals surface area contributed by atoms with Crippen LogP contribution in [0.25, 0.3) is 10.3 Å². The van der Waals surface area contributed by atoms with Crippen LogP contribution in [0, 0.1) is 0 Å². The molecular formula is C19H21N5O3S. The number of anilines is 2. The van der Waals surface area contributed by atoms with E-state index < -0.39 is 0 Å². The maximum atomic E-state index is 12.6. The van der Waals surface area contributed by atoms with Crippen molar-refractivity contribution in [1.82, 2.24) is 14.9 Å². The van der Waals surface area contributed by atoms with Gasteiger partial charge in [0, 0.05) is 44.1 Å². The molecule has 1 aromatic carbocycles. The SMILES string of the molecule is COc1ccc(NC(=O)N2CCN(c3nc4cccnc4s3)CC2)cc1OC. The first-order valence-electron chi connectivity index (χ1n) is 8.92.